The second-order valence-electron chi connectivity index (χ2n) is 3.26. The summed E-state index contributed by atoms with van der Waals surface area (Å²) in [5.74, 6) is 0.871. The Labute approximate surface area is 110 Å². The Hall–Kier alpha value is -1.12. The third kappa shape index (κ3) is 6.25. The predicted octanol–water partition coefficient (Wildman–Crippen LogP) is 2.92. The molecule has 0 aliphatic rings. The highest BCUT2D eigenvalue weighted by Gasteiger charge is 2.12. The third-order valence-corrected chi connectivity index (χ3v) is 3.66. The standard InChI is InChI=1S/C12H13NO2S2/c1-10(14)15-11(7-16-9-13)8-17-12-5-3-2-4-6-12/h2-6,11H,7-8H2,1H3/t11-/m1/s1. The van der Waals surface area contributed by atoms with Crippen molar-refractivity contribution >= 4 is 29.5 Å². The normalized spacial score (nSPS) is 11.5. The van der Waals surface area contributed by atoms with Crippen LogP contribution in [-0.4, -0.2) is 23.6 Å². The van der Waals surface area contributed by atoms with Gasteiger partial charge < -0.3 is 4.74 Å². The molecular formula is C12H13NO2S2. The summed E-state index contributed by atoms with van der Waals surface area (Å²) >= 11 is 2.73. The lowest BCUT2D eigenvalue weighted by Gasteiger charge is -2.14. The van der Waals surface area contributed by atoms with E-state index in [0.29, 0.717) is 11.5 Å². The molecule has 0 N–H and O–H groups in total. The fourth-order valence-electron chi connectivity index (χ4n) is 1.19. The first-order valence-corrected chi connectivity index (χ1v) is 7.05. The number of hydrogen-bond acceptors (Lipinski definition) is 5. The fourth-order valence-corrected chi connectivity index (χ4v) is 2.70. The first-order chi connectivity index (χ1) is 8.22. The highest BCUT2D eigenvalue weighted by atomic mass is 32.2. The van der Waals surface area contributed by atoms with Crippen molar-refractivity contribution in [1.82, 2.24) is 0 Å². The monoisotopic (exact) mass is 267 g/mol. The lowest BCUT2D eigenvalue weighted by Crippen LogP contribution is -2.21. The molecule has 1 rings (SSSR count). The Bertz CT molecular complexity index is 389. The number of nitrogens with zero attached hydrogens (tertiary/aromatic N) is 1. The smallest absolute Gasteiger partial charge is 0.302 e. The van der Waals surface area contributed by atoms with Crippen LogP contribution in [0.3, 0.4) is 0 Å². The van der Waals surface area contributed by atoms with E-state index in [9.17, 15) is 4.79 Å². The van der Waals surface area contributed by atoms with Gasteiger partial charge in [0.15, 0.2) is 0 Å². The molecule has 0 saturated heterocycles. The molecule has 1 aromatic rings. The van der Waals surface area contributed by atoms with Gasteiger partial charge in [-0.2, -0.15) is 5.26 Å². The molecule has 0 heterocycles. The van der Waals surface area contributed by atoms with E-state index >= 15 is 0 Å². The van der Waals surface area contributed by atoms with Gasteiger partial charge in [-0.1, -0.05) is 18.2 Å². The van der Waals surface area contributed by atoms with Crippen molar-refractivity contribution in [2.45, 2.75) is 17.9 Å². The summed E-state index contributed by atoms with van der Waals surface area (Å²) in [6, 6.07) is 9.90. The van der Waals surface area contributed by atoms with Crippen molar-refractivity contribution in [1.29, 1.82) is 5.26 Å². The minimum Gasteiger partial charge on any atom is -0.461 e. The molecule has 0 bridgehead atoms. The molecule has 0 aliphatic heterocycles. The van der Waals surface area contributed by atoms with Gasteiger partial charge in [-0.3, -0.25) is 4.79 Å². The number of rotatable bonds is 6. The third-order valence-electron chi connectivity index (χ3n) is 1.85. The molecule has 0 spiro atoms. The SMILES string of the molecule is CC(=O)O[C@H](CSC#N)CSc1ccccc1. The molecule has 0 fully saturated rings. The summed E-state index contributed by atoms with van der Waals surface area (Å²) < 4.78 is 5.14. The zero-order valence-electron chi connectivity index (χ0n) is 9.46. The molecule has 5 heteroatoms. The number of nitriles is 1. The van der Waals surface area contributed by atoms with Gasteiger partial charge in [-0.15, -0.1) is 11.8 Å². The number of esters is 1. The van der Waals surface area contributed by atoms with E-state index in [4.69, 9.17) is 10.00 Å². The number of thiocyanates is 1. The van der Waals surface area contributed by atoms with Gasteiger partial charge in [-0.25, -0.2) is 0 Å². The Balaban J connectivity index is 2.43. The van der Waals surface area contributed by atoms with Gasteiger partial charge in [0.2, 0.25) is 0 Å². The summed E-state index contributed by atoms with van der Waals surface area (Å²) in [5, 5.41) is 10.5. The minimum atomic E-state index is -0.304. The molecule has 0 unspecified atom stereocenters. The number of carbonyl (C=O) groups excluding carboxylic acids is 1. The maximum absolute atomic E-state index is 10.9. The van der Waals surface area contributed by atoms with Gasteiger partial charge >= 0.3 is 5.97 Å². The van der Waals surface area contributed by atoms with E-state index in [1.165, 1.54) is 6.92 Å². The van der Waals surface area contributed by atoms with E-state index in [-0.39, 0.29) is 12.1 Å². The molecule has 90 valence electrons. The zero-order valence-corrected chi connectivity index (χ0v) is 11.1. The zero-order chi connectivity index (χ0) is 12.5. The molecule has 0 aliphatic carbocycles. The highest BCUT2D eigenvalue weighted by molar-refractivity contribution is 8.03. The largest absolute Gasteiger partial charge is 0.461 e. The maximum atomic E-state index is 10.9. The predicted molar refractivity (Wildman–Crippen MR) is 70.8 cm³/mol. The van der Waals surface area contributed by atoms with Crippen molar-refractivity contribution in [3.8, 4) is 5.40 Å². The number of carbonyl (C=O) groups is 1. The second-order valence-corrected chi connectivity index (χ2v) is 5.16. The van der Waals surface area contributed by atoms with Crippen LogP contribution < -0.4 is 0 Å². The number of hydrogen-bond donors (Lipinski definition) is 0. The number of benzene rings is 1. The molecule has 1 atom stereocenters. The Kier molecular flexibility index (Phi) is 6.60. The van der Waals surface area contributed by atoms with Gasteiger partial charge in [0.05, 0.1) is 0 Å². The lowest BCUT2D eigenvalue weighted by molar-refractivity contribution is -0.144. The summed E-state index contributed by atoms with van der Waals surface area (Å²) in [4.78, 5) is 12.0. The fraction of sp³-hybridized carbons (Fsp3) is 0.333. The van der Waals surface area contributed by atoms with Crippen LogP contribution in [0.2, 0.25) is 0 Å². The van der Waals surface area contributed by atoms with E-state index < -0.39 is 0 Å². The molecule has 17 heavy (non-hydrogen) atoms. The van der Waals surface area contributed by atoms with Crippen LogP contribution >= 0.6 is 23.5 Å². The molecule has 0 saturated carbocycles. The Morgan fingerprint density at radius 2 is 2.12 bits per heavy atom. The summed E-state index contributed by atoms with van der Waals surface area (Å²) in [6.45, 7) is 1.39. The first kappa shape index (κ1) is 13.9. The van der Waals surface area contributed by atoms with Gasteiger partial charge in [-0.05, 0) is 23.9 Å². The minimum absolute atomic E-state index is 0.220. The highest BCUT2D eigenvalue weighted by Crippen LogP contribution is 2.20. The van der Waals surface area contributed by atoms with Crippen molar-refractivity contribution in [2.75, 3.05) is 11.5 Å². The maximum Gasteiger partial charge on any atom is 0.302 e. The van der Waals surface area contributed by atoms with E-state index in [1.54, 1.807) is 11.8 Å². The van der Waals surface area contributed by atoms with Crippen molar-refractivity contribution in [2.24, 2.45) is 0 Å². The number of ether oxygens (including phenoxy) is 1. The average molecular weight is 267 g/mol. The van der Waals surface area contributed by atoms with Crippen molar-refractivity contribution in [3.63, 3.8) is 0 Å². The summed E-state index contributed by atoms with van der Waals surface area (Å²) in [6.07, 6.45) is -0.220. The second kappa shape index (κ2) is 8.04. The van der Waals surface area contributed by atoms with Crippen LogP contribution in [-0.2, 0) is 9.53 Å². The molecule has 1 aromatic carbocycles. The summed E-state index contributed by atoms with van der Waals surface area (Å²) in [5.41, 5.74) is 0. The van der Waals surface area contributed by atoms with Crippen molar-refractivity contribution < 1.29 is 9.53 Å². The van der Waals surface area contributed by atoms with Crippen molar-refractivity contribution in [3.05, 3.63) is 30.3 Å². The Morgan fingerprint density at radius 3 is 2.71 bits per heavy atom. The molecular weight excluding hydrogens is 254 g/mol. The van der Waals surface area contributed by atoms with Crippen LogP contribution in [0, 0.1) is 10.7 Å². The van der Waals surface area contributed by atoms with Crippen LogP contribution in [0.25, 0.3) is 0 Å². The van der Waals surface area contributed by atoms with E-state index in [0.717, 1.165) is 16.7 Å². The Morgan fingerprint density at radius 1 is 1.41 bits per heavy atom. The van der Waals surface area contributed by atoms with Crippen LogP contribution in [0.4, 0.5) is 0 Å². The van der Waals surface area contributed by atoms with Crippen LogP contribution in [0.1, 0.15) is 6.92 Å². The van der Waals surface area contributed by atoms with Gasteiger partial charge in [0.25, 0.3) is 0 Å². The average Bonchev–Trinajstić information content (AvgIpc) is 2.33. The molecule has 0 radical (unpaired) electrons. The quantitative estimate of drug-likeness (QED) is 0.450. The molecule has 3 nitrogen and oxygen atoms in total. The molecule has 0 aromatic heterocycles. The van der Waals surface area contributed by atoms with Crippen LogP contribution in [0.5, 0.6) is 0 Å². The van der Waals surface area contributed by atoms with E-state index in [2.05, 4.69) is 0 Å². The van der Waals surface area contributed by atoms with Gasteiger partial charge in [0.1, 0.15) is 11.5 Å². The first-order valence-electron chi connectivity index (χ1n) is 5.08. The van der Waals surface area contributed by atoms with Gasteiger partial charge in [0, 0.05) is 23.3 Å². The van der Waals surface area contributed by atoms with E-state index in [1.807, 2.05) is 35.7 Å². The number of thioether (sulfide) groups is 2. The topological polar surface area (TPSA) is 50.1 Å². The summed E-state index contributed by atoms with van der Waals surface area (Å²) in [7, 11) is 0. The van der Waals surface area contributed by atoms with Crippen LogP contribution in [0.15, 0.2) is 35.2 Å². The lowest BCUT2D eigenvalue weighted by atomic mass is 10.4. The molecule has 0 amide bonds.